The standard InChI is InChI=1S/C13H19NO2/c1-3-5-11-6-4-7-12(10-14)13(11)16-9-8-15-2/h3-4,6-7H,1,5,8-10,14H2,2H3. The zero-order chi connectivity index (χ0) is 11.8. The van der Waals surface area contributed by atoms with E-state index in [1.54, 1.807) is 7.11 Å². The summed E-state index contributed by atoms with van der Waals surface area (Å²) in [5.41, 5.74) is 7.83. The monoisotopic (exact) mass is 221 g/mol. The van der Waals surface area contributed by atoms with E-state index in [-0.39, 0.29) is 0 Å². The molecule has 0 radical (unpaired) electrons. The largest absolute Gasteiger partial charge is 0.491 e. The molecule has 88 valence electrons. The van der Waals surface area contributed by atoms with Crippen LogP contribution in [0.25, 0.3) is 0 Å². The third-order valence-corrected chi connectivity index (χ3v) is 2.30. The van der Waals surface area contributed by atoms with Crippen molar-refractivity contribution in [3.05, 3.63) is 42.0 Å². The fourth-order valence-corrected chi connectivity index (χ4v) is 1.53. The Kier molecular flexibility index (Phi) is 5.61. The van der Waals surface area contributed by atoms with Gasteiger partial charge in [0.05, 0.1) is 6.61 Å². The number of hydrogen-bond donors (Lipinski definition) is 1. The van der Waals surface area contributed by atoms with Gasteiger partial charge in [0.2, 0.25) is 0 Å². The van der Waals surface area contributed by atoms with E-state index >= 15 is 0 Å². The maximum Gasteiger partial charge on any atom is 0.127 e. The lowest BCUT2D eigenvalue weighted by Crippen LogP contribution is -2.09. The maximum atomic E-state index is 5.70. The predicted octanol–water partition coefficient (Wildman–Crippen LogP) is 1.90. The highest BCUT2D eigenvalue weighted by molar-refractivity contribution is 5.42. The SMILES string of the molecule is C=CCc1cccc(CN)c1OCCOC. The Bertz CT molecular complexity index is 337. The highest BCUT2D eigenvalue weighted by Crippen LogP contribution is 2.24. The number of benzene rings is 1. The number of allylic oxidation sites excluding steroid dienone is 1. The number of rotatable bonds is 7. The summed E-state index contributed by atoms with van der Waals surface area (Å²) in [6.45, 7) is 5.33. The fourth-order valence-electron chi connectivity index (χ4n) is 1.53. The molecule has 0 aliphatic rings. The van der Waals surface area contributed by atoms with E-state index < -0.39 is 0 Å². The Labute approximate surface area is 96.9 Å². The van der Waals surface area contributed by atoms with Gasteiger partial charge in [0, 0.05) is 19.2 Å². The average Bonchev–Trinajstić information content (AvgIpc) is 2.31. The summed E-state index contributed by atoms with van der Waals surface area (Å²) in [5.74, 6) is 0.877. The first-order valence-corrected chi connectivity index (χ1v) is 5.37. The molecule has 0 atom stereocenters. The average molecular weight is 221 g/mol. The van der Waals surface area contributed by atoms with Gasteiger partial charge in [-0.05, 0) is 12.0 Å². The molecule has 0 bridgehead atoms. The van der Waals surface area contributed by atoms with Crippen molar-refractivity contribution < 1.29 is 9.47 Å². The van der Waals surface area contributed by atoms with Crippen molar-refractivity contribution in [2.75, 3.05) is 20.3 Å². The van der Waals surface area contributed by atoms with E-state index in [2.05, 4.69) is 6.58 Å². The van der Waals surface area contributed by atoms with Gasteiger partial charge in [-0.3, -0.25) is 0 Å². The second-order valence-corrected chi connectivity index (χ2v) is 3.44. The lowest BCUT2D eigenvalue weighted by Gasteiger charge is -2.14. The molecule has 0 fully saturated rings. The highest BCUT2D eigenvalue weighted by atomic mass is 16.5. The van der Waals surface area contributed by atoms with Crippen LogP contribution in [-0.4, -0.2) is 20.3 Å². The smallest absolute Gasteiger partial charge is 0.127 e. The molecule has 2 N–H and O–H groups in total. The van der Waals surface area contributed by atoms with Crippen LogP contribution in [0.1, 0.15) is 11.1 Å². The summed E-state index contributed by atoms with van der Waals surface area (Å²) in [5, 5.41) is 0. The summed E-state index contributed by atoms with van der Waals surface area (Å²) in [4.78, 5) is 0. The molecule has 0 heterocycles. The van der Waals surface area contributed by atoms with Crippen molar-refractivity contribution in [3.63, 3.8) is 0 Å². The molecule has 16 heavy (non-hydrogen) atoms. The zero-order valence-electron chi connectivity index (χ0n) is 9.74. The minimum atomic E-state index is 0.479. The third kappa shape index (κ3) is 3.36. The molecule has 1 aromatic rings. The summed E-state index contributed by atoms with van der Waals surface area (Å²) >= 11 is 0. The molecular weight excluding hydrogens is 202 g/mol. The van der Waals surface area contributed by atoms with Gasteiger partial charge in [0.1, 0.15) is 12.4 Å². The molecule has 0 saturated heterocycles. The number of nitrogens with two attached hydrogens (primary N) is 1. The summed E-state index contributed by atoms with van der Waals surface area (Å²) in [6, 6.07) is 6.00. The van der Waals surface area contributed by atoms with Crippen LogP contribution in [-0.2, 0) is 17.7 Å². The van der Waals surface area contributed by atoms with Gasteiger partial charge >= 0.3 is 0 Å². The van der Waals surface area contributed by atoms with E-state index in [0.717, 1.165) is 23.3 Å². The molecule has 0 spiro atoms. The number of para-hydroxylation sites is 1. The summed E-state index contributed by atoms with van der Waals surface area (Å²) in [6.07, 6.45) is 2.65. The molecule has 1 aromatic carbocycles. The predicted molar refractivity (Wildman–Crippen MR) is 65.6 cm³/mol. The van der Waals surface area contributed by atoms with Crippen molar-refractivity contribution in [1.82, 2.24) is 0 Å². The van der Waals surface area contributed by atoms with E-state index in [1.165, 1.54) is 0 Å². The van der Waals surface area contributed by atoms with Crippen LogP contribution in [0.15, 0.2) is 30.9 Å². The van der Waals surface area contributed by atoms with Crippen molar-refractivity contribution >= 4 is 0 Å². The van der Waals surface area contributed by atoms with Crippen molar-refractivity contribution in [2.24, 2.45) is 5.73 Å². The molecule has 0 aliphatic heterocycles. The van der Waals surface area contributed by atoms with E-state index in [9.17, 15) is 0 Å². The van der Waals surface area contributed by atoms with Crippen LogP contribution >= 0.6 is 0 Å². The number of methoxy groups -OCH3 is 1. The lowest BCUT2D eigenvalue weighted by atomic mass is 10.1. The fraction of sp³-hybridized carbons (Fsp3) is 0.385. The second kappa shape index (κ2) is 7.04. The van der Waals surface area contributed by atoms with Crippen LogP contribution < -0.4 is 10.5 Å². The molecule has 0 unspecified atom stereocenters. The van der Waals surface area contributed by atoms with Gasteiger partial charge in [0.15, 0.2) is 0 Å². The van der Waals surface area contributed by atoms with Gasteiger partial charge in [-0.1, -0.05) is 24.3 Å². The van der Waals surface area contributed by atoms with Gasteiger partial charge in [-0.15, -0.1) is 6.58 Å². The van der Waals surface area contributed by atoms with Crippen LogP contribution in [0, 0.1) is 0 Å². The van der Waals surface area contributed by atoms with Gasteiger partial charge in [-0.2, -0.15) is 0 Å². The molecule has 0 aliphatic carbocycles. The molecule has 3 heteroatoms. The molecule has 0 amide bonds. The van der Waals surface area contributed by atoms with E-state index in [0.29, 0.717) is 19.8 Å². The van der Waals surface area contributed by atoms with Crippen molar-refractivity contribution in [2.45, 2.75) is 13.0 Å². The second-order valence-electron chi connectivity index (χ2n) is 3.44. The van der Waals surface area contributed by atoms with Gasteiger partial charge in [-0.25, -0.2) is 0 Å². The number of hydrogen-bond acceptors (Lipinski definition) is 3. The van der Waals surface area contributed by atoms with Crippen LogP contribution in [0.5, 0.6) is 5.75 Å². The molecule has 3 nitrogen and oxygen atoms in total. The van der Waals surface area contributed by atoms with Crippen LogP contribution in [0.4, 0.5) is 0 Å². The Morgan fingerprint density at radius 3 is 2.69 bits per heavy atom. The van der Waals surface area contributed by atoms with E-state index in [1.807, 2.05) is 24.3 Å². The quantitative estimate of drug-likeness (QED) is 0.565. The minimum Gasteiger partial charge on any atom is -0.491 e. The lowest BCUT2D eigenvalue weighted by molar-refractivity contribution is 0.145. The third-order valence-electron chi connectivity index (χ3n) is 2.30. The van der Waals surface area contributed by atoms with Gasteiger partial charge in [0.25, 0.3) is 0 Å². The Morgan fingerprint density at radius 1 is 1.31 bits per heavy atom. The van der Waals surface area contributed by atoms with Crippen molar-refractivity contribution in [1.29, 1.82) is 0 Å². The summed E-state index contributed by atoms with van der Waals surface area (Å²) in [7, 11) is 1.66. The Hall–Kier alpha value is -1.32. The normalized spacial score (nSPS) is 10.1. The molecule has 0 aromatic heterocycles. The van der Waals surface area contributed by atoms with Crippen LogP contribution in [0.2, 0.25) is 0 Å². The summed E-state index contributed by atoms with van der Waals surface area (Å²) < 4.78 is 10.7. The van der Waals surface area contributed by atoms with E-state index in [4.69, 9.17) is 15.2 Å². The number of ether oxygens (including phenoxy) is 2. The Morgan fingerprint density at radius 2 is 2.06 bits per heavy atom. The zero-order valence-corrected chi connectivity index (χ0v) is 9.74. The first-order chi connectivity index (χ1) is 7.83. The maximum absolute atomic E-state index is 5.70. The molecule has 0 saturated carbocycles. The van der Waals surface area contributed by atoms with Crippen LogP contribution in [0.3, 0.4) is 0 Å². The van der Waals surface area contributed by atoms with Crippen molar-refractivity contribution in [3.8, 4) is 5.75 Å². The molecular formula is C13H19NO2. The first-order valence-electron chi connectivity index (χ1n) is 5.37. The first kappa shape index (κ1) is 12.7. The minimum absolute atomic E-state index is 0.479. The molecule has 1 rings (SSSR count). The Balaban J connectivity index is 2.85. The topological polar surface area (TPSA) is 44.5 Å². The van der Waals surface area contributed by atoms with Gasteiger partial charge < -0.3 is 15.2 Å². The highest BCUT2D eigenvalue weighted by Gasteiger charge is 2.07.